The van der Waals surface area contributed by atoms with Gasteiger partial charge in [0, 0.05) is 18.1 Å². The number of benzene rings is 1. The van der Waals surface area contributed by atoms with Crippen molar-refractivity contribution in [2.24, 2.45) is 0 Å². The Hall–Kier alpha value is -1.33. The summed E-state index contributed by atoms with van der Waals surface area (Å²) in [6, 6.07) is 4.97. The number of nitrogens with zero attached hydrogens (tertiary/aromatic N) is 2. The SMILES string of the molecule is FC(F)n1ccnc1CNc1ccc(Cl)c(Cl)c1. The third-order valence-electron chi connectivity index (χ3n) is 2.33. The van der Waals surface area contributed by atoms with E-state index < -0.39 is 6.55 Å². The van der Waals surface area contributed by atoms with E-state index in [9.17, 15) is 8.78 Å². The van der Waals surface area contributed by atoms with Crippen LogP contribution in [0.2, 0.25) is 10.0 Å². The highest BCUT2D eigenvalue weighted by Gasteiger charge is 2.10. The summed E-state index contributed by atoms with van der Waals surface area (Å²) in [6.45, 7) is -2.42. The topological polar surface area (TPSA) is 29.9 Å². The van der Waals surface area contributed by atoms with Crippen LogP contribution in [0.4, 0.5) is 14.5 Å². The van der Waals surface area contributed by atoms with Gasteiger partial charge in [0.25, 0.3) is 0 Å². The number of aromatic nitrogens is 2. The maximum absolute atomic E-state index is 12.6. The van der Waals surface area contributed by atoms with Crippen molar-refractivity contribution >= 4 is 28.9 Å². The predicted molar refractivity (Wildman–Crippen MR) is 67.3 cm³/mol. The van der Waals surface area contributed by atoms with Crippen molar-refractivity contribution in [2.75, 3.05) is 5.32 Å². The molecule has 0 aliphatic rings. The summed E-state index contributed by atoms with van der Waals surface area (Å²) in [6.07, 6.45) is 2.56. The number of anilines is 1. The summed E-state index contributed by atoms with van der Waals surface area (Å²) in [4.78, 5) is 3.85. The molecule has 0 saturated heterocycles. The number of hydrogen-bond donors (Lipinski definition) is 1. The second-order valence-electron chi connectivity index (χ2n) is 3.51. The highest BCUT2D eigenvalue weighted by molar-refractivity contribution is 6.42. The molecule has 0 spiro atoms. The molecular weight excluding hydrogens is 283 g/mol. The van der Waals surface area contributed by atoms with Gasteiger partial charge in [-0.15, -0.1) is 0 Å². The fourth-order valence-corrected chi connectivity index (χ4v) is 1.74. The minimum atomic E-state index is -2.60. The van der Waals surface area contributed by atoms with Gasteiger partial charge < -0.3 is 5.32 Å². The highest BCUT2D eigenvalue weighted by Crippen LogP contribution is 2.25. The van der Waals surface area contributed by atoms with Gasteiger partial charge in [-0.25, -0.2) is 4.98 Å². The van der Waals surface area contributed by atoms with Crippen LogP contribution in [0.3, 0.4) is 0 Å². The molecule has 1 N–H and O–H groups in total. The fraction of sp³-hybridized carbons (Fsp3) is 0.182. The Labute approximate surface area is 112 Å². The average molecular weight is 292 g/mol. The predicted octanol–water partition coefficient (Wildman–Crippen LogP) is 4.20. The Morgan fingerprint density at radius 1 is 1.28 bits per heavy atom. The Bertz CT molecular complexity index is 543. The molecule has 7 heteroatoms. The molecule has 18 heavy (non-hydrogen) atoms. The van der Waals surface area contributed by atoms with Crippen LogP contribution in [0.25, 0.3) is 0 Å². The zero-order valence-electron chi connectivity index (χ0n) is 9.08. The van der Waals surface area contributed by atoms with E-state index in [2.05, 4.69) is 10.3 Å². The molecule has 1 aromatic heterocycles. The molecule has 96 valence electrons. The second kappa shape index (κ2) is 5.54. The third kappa shape index (κ3) is 2.91. The van der Waals surface area contributed by atoms with Gasteiger partial charge in [-0.2, -0.15) is 8.78 Å². The molecule has 0 bridgehead atoms. The average Bonchev–Trinajstić information content (AvgIpc) is 2.79. The van der Waals surface area contributed by atoms with Crippen molar-refractivity contribution < 1.29 is 8.78 Å². The smallest absolute Gasteiger partial charge is 0.319 e. The number of alkyl halides is 2. The van der Waals surface area contributed by atoms with Crippen LogP contribution < -0.4 is 5.32 Å². The normalized spacial score (nSPS) is 10.9. The molecule has 0 unspecified atom stereocenters. The monoisotopic (exact) mass is 291 g/mol. The first-order valence-corrected chi connectivity index (χ1v) is 5.82. The molecule has 0 saturated carbocycles. The molecular formula is C11H9Cl2F2N3. The van der Waals surface area contributed by atoms with Crippen LogP contribution in [0.1, 0.15) is 12.4 Å². The largest absolute Gasteiger partial charge is 0.378 e. The number of halogens is 4. The Kier molecular flexibility index (Phi) is 4.04. The number of imidazole rings is 1. The van der Waals surface area contributed by atoms with E-state index in [0.717, 1.165) is 4.57 Å². The van der Waals surface area contributed by atoms with Crippen LogP contribution in [-0.2, 0) is 6.54 Å². The standard InChI is InChI=1S/C11H9Cl2F2N3/c12-8-2-1-7(5-9(8)13)17-6-10-16-3-4-18(10)11(14)15/h1-5,11,17H,6H2. The van der Waals surface area contributed by atoms with E-state index in [0.29, 0.717) is 15.7 Å². The lowest BCUT2D eigenvalue weighted by Crippen LogP contribution is -2.08. The second-order valence-corrected chi connectivity index (χ2v) is 4.33. The first-order valence-electron chi connectivity index (χ1n) is 5.06. The van der Waals surface area contributed by atoms with E-state index in [1.54, 1.807) is 18.2 Å². The maximum Gasteiger partial charge on any atom is 0.319 e. The molecule has 1 heterocycles. The minimum absolute atomic E-state index is 0.176. The lowest BCUT2D eigenvalue weighted by atomic mass is 10.3. The van der Waals surface area contributed by atoms with Crippen molar-refractivity contribution in [3.63, 3.8) is 0 Å². The van der Waals surface area contributed by atoms with E-state index in [1.807, 2.05) is 0 Å². The molecule has 1 aromatic carbocycles. The van der Waals surface area contributed by atoms with Crippen molar-refractivity contribution in [3.8, 4) is 0 Å². The third-order valence-corrected chi connectivity index (χ3v) is 3.07. The van der Waals surface area contributed by atoms with E-state index in [4.69, 9.17) is 23.2 Å². The fourth-order valence-electron chi connectivity index (χ4n) is 1.45. The first-order chi connectivity index (χ1) is 8.58. The Morgan fingerprint density at radius 3 is 2.72 bits per heavy atom. The van der Waals surface area contributed by atoms with Gasteiger partial charge in [0.15, 0.2) is 0 Å². The van der Waals surface area contributed by atoms with Gasteiger partial charge in [0.2, 0.25) is 0 Å². The van der Waals surface area contributed by atoms with Crippen LogP contribution in [0.5, 0.6) is 0 Å². The zero-order chi connectivity index (χ0) is 13.1. The molecule has 0 amide bonds. The van der Waals surface area contributed by atoms with Crippen LogP contribution >= 0.6 is 23.2 Å². The van der Waals surface area contributed by atoms with Gasteiger partial charge in [-0.3, -0.25) is 4.57 Å². The van der Waals surface area contributed by atoms with Crippen LogP contribution in [0, 0.1) is 0 Å². The Balaban J connectivity index is 2.07. The van der Waals surface area contributed by atoms with Crippen molar-refractivity contribution in [2.45, 2.75) is 13.1 Å². The number of nitrogens with one attached hydrogen (secondary N) is 1. The maximum atomic E-state index is 12.6. The highest BCUT2D eigenvalue weighted by atomic mass is 35.5. The lowest BCUT2D eigenvalue weighted by molar-refractivity contribution is 0.0673. The summed E-state index contributed by atoms with van der Waals surface area (Å²) in [5.41, 5.74) is 0.688. The number of hydrogen-bond acceptors (Lipinski definition) is 2. The zero-order valence-corrected chi connectivity index (χ0v) is 10.6. The van der Waals surface area contributed by atoms with Gasteiger partial charge in [-0.05, 0) is 18.2 Å². The lowest BCUT2D eigenvalue weighted by Gasteiger charge is -2.09. The van der Waals surface area contributed by atoms with Crippen molar-refractivity contribution in [1.82, 2.24) is 9.55 Å². The Morgan fingerprint density at radius 2 is 2.06 bits per heavy atom. The summed E-state index contributed by atoms with van der Waals surface area (Å²) in [5, 5.41) is 3.79. The summed E-state index contributed by atoms with van der Waals surface area (Å²) < 4.78 is 25.9. The van der Waals surface area contributed by atoms with E-state index in [1.165, 1.54) is 12.4 Å². The summed E-state index contributed by atoms with van der Waals surface area (Å²) in [5.74, 6) is 0.246. The molecule has 2 aromatic rings. The van der Waals surface area contributed by atoms with Crippen LogP contribution in [-0.4, -0.2) is 9.55 Å². The molecule has 0 fully saturated rings. The molecule has 0 atom stereocenters. The van der Waals surface area contributed by atoms with Gasteiger partial charge >= 0.3 is 6.55 Å². The van der Waals surface area contributed by atoms with Crippen LogP contribution in [0.15, 0.2) is 30.6 Å². The van der Waals surface area contributed by atoms with Crippen molar-refractivity contribution in [1.29, 1.82) is 0 Å². The molecule has 0 aliphatic carbocycles. The quantitative estimate of drug-likeness (QED) is 0.915. The minimum Gasteiger partial charge on any atom is -0.378 e. The van der Waals surface area contributed by atoms with Gasteiger partial charge in [0.05, 0.1) is 16.6 Å². The van der Waals surface area contributed by atoms with Crippen molar-refractivity contribution in [3.05, 3.63) is 46.5 Å². The summed E-state index contributed by atoms with van der Waals surface area (Å²) >= 11 is 11.6. The molecule has 0 aliphatic heterocycles. The van der Waals surface area contributed by atoms with Gasteiger partial charge in [0.1, 0.15) is 5.82 Å². The van der Waals surface area contributed by atoms with E-state index in [-0.39, 0.29) is 12.4 Å². The molecule has 0 radical (unpaired) electrons. The van der Waals surface area contributed by atoms with Gasteiger partial charge in [-0.1, -0.05) is 23.2 Å². The van der Waals surface area contributed by atoms with E-state index >= 15 is 0 Å². The molecule has 2 rings (SSSR count). The summed E-state index contributed by atoms with van der Waals surface area (Å²) in [7, 11) is 0. The molecule has 3 nitrogen and oxygen atoms in total. The first kappa shape index (κ1) is 13.1. The number of rotatable bonds is 4.